The van der Waals surface area contributed by atoms with E-state index in [0.717, 1.165) is 11.1 Å². The standard InChI is InChI=1S/C15H23ClN2O2/c1-10-6-5-7-13(16)12(10)8-11(17)9-18-14(19)20-15(2,3)4/h5-7,11H,8-9,17H2,1-4H3,(H,18,19). The molecule has 0 aliphatic heterocycles. The summed E-state index contributed by atoms with van der Waals surface area (Å²) in [6.07, 6.45) is 0.158. The second-order valence-corrected chi connectivity index (χ2v) is 6.29. The van der Waals surface area contributed by atoms with Crippen LogP contribution >= 0.6 is 11.6 Å². The van der Waals surface area contributed by atoms with Crippen molar-refractivity contribution in [3.05, 3.63) is 34.3 Å². The van der Waals surface area contributed by atoms with Gasteiger partial charge < -0.3 is 15.8 Å². The predicted molar refractivity (Wildman–Crippen MR) is 82.1 cm³/mol. The highest BCUT2D eigenvalue weighted by Crippen LogP contribution is 2.20. The molecule has 0 aliphatic rings. The number of hydrogen-bond acceptors (Lipinski definition) is 3. The average Bonchev–Trinajstić information content (AvgIpc) is 2.29. The van der Waals surface area contributed by atoms with Gasteiger partial charge in [-0.15, -0.1) is 0 Å². The Morgan fingerprint density at radius 2 is 2.10 bits per heavy atom. The summed E-state index contributed by atoms with van der Waals surface area (Å²) in [4.78, 5) is 11.5. The minimum atomic E-state index is -0.506. The SMILES string of the molecule is Cc1cccc(Cl)c1CC(N)CNC(=O)OC(C)(C)C. The number of aryl methyl sites for hydroxylation is 1. The van der Waals surface area contributed by atoms with Crippen molar-refractivity contribution in [1.82, 2.24) is 5.32 Å². The summed E-state index contributed by atoms with van der Waals surface area (Å²) in [5, 5.41) is 3.38. The van der Waals surface area contributed by atoms with E-state index >= 15 is 0 Å². The molecule has 5 heteroatoms. The molecule has 1 aromatic carbocycles. The van der Waals surface area contributed by atoms with Crippen LogP contribution in [0.25, 0.3) is 0 Å². The molecule has 1 amide bonds. The van der Waals surface area contributed by atoms with E-state index in [-0.39, 0.29) is 6.04 Å². The van der Waals surface area contributed by atoms with Gasteiger partial charge in [0.25, 0.3) is 0 Å². The van der Waals surface area contributed by atoms with Crippen LogP contribution in [-0.2, 0) is 11.2 Å². The zero-order valence-electron chi connectivity index (χ0n) is 12.5. The Bertz CT molecular complexity index is 449. The van der Waals surface area contributed by atoms with Crippen molar-refractivity contribution in [2.24, 2.45) is 5.73 Å². The third-order valence-corrected chi connectivity index (χ3v) is 3.08. The smallest absolute Gasteiger partial charge is 0.407 e. The third-order valence-electron chi connectivity index (χ3n) is 2.73. The van der Waals surface area contributed by atoms with Crippen LogP contribution < -0.4 is 11.1 Å². The summed E-state index contributed by atoms with van der Waals surface area (Å²) in [6, 6.07) is 5.54. The van der Waals surface area contributed by atoms with Gasteiger partial charge in [-0.2, -0.15) is 0 Å². The van der Waals surface area contributed by atoms with E-state index in [2.05, 4.69) is 5.32 Å². The van der Waals surface area contributed by atoms with Crippen LogP contribution in [0.4, 0.5) is 4.79 Å². The zero-order chi connectivity index (χ0) is 15.3. The van der Waals surface area contributed by atoms with Gasteiger partial charge in [-0.05, 0) is 51.3 Å². The molecule has 0 aliphatic carbocycles. The fourth-order valence-electron chi connectivity index (χ4n) is 1.79. The van der Waals surface area contributed by atoms with Gasteiger partial charge in [0.1, 0.15) is 5.60 Å². The fourth-order valence-corrected chi connectivity index (χ4v) is 2.09. The number of hydrogen-bond donors (Lipinski definition) is 2. The van der Waals surface area contributed by atoms with Crippen molar-refractivity contribution in [3.63, 3.8) is 0 Å². The molecule has 0 heterocycles. The third kappa shape index (κ3) is 5.80. The van der Waals surface area contributed by atoms with Gasteiger partial charge in [0.05, 0.1) is 0 Å². The van der Waals surface area contributed by atoms with Crippen LogP contribution in [0.15, 0.2) is 18.2 Å². The Morgan fingerprint density at radius 3 is 2.65 bits per heavy atom. The largest absolute Gasteiger partial charge is 0.444 e. The van der Waals surface area contributed by atoms with Crippen molar-refractivity contribution in [3.8, 4) is 0 Å². The fraction of sp³-hybridized carbons (Fsp3) is 0.533. The molecule has 1 rings (SSSR count). The first-order chi connectivity index (χ1) is 9.19. The maximum absolute atomic E-state index is 11.5. The first kappa shape index (κ1) is 16.8. The van der Waals surface area contributed by atoms with Crippen LogP contribution in [0.2, 0.25) is 5.02 Å². The van der Waals surface area contributed by atoms with Crippen molar-refractivity contribution >= 4 is 17.7 Å². The number of amides is 1. The molecule has 0 bridgehead atoms. The van der Waals surface area contributed by atoms with Crippen LogP contribution in [-0.4, -0.2) is 24.3 Å². The van der Waals surface area contributed by atoms with Crippen molar-refractivity contribution in [2.45, 2.75) is 45.8 Å². The number of nitrogens with two attached hydrogens (primary N) is 1. The van der Waals surface area contributed by atoms with E-state index in [4.69, 9.17) is 22.1 Å². The van der Waals surface area contributed by atoms with E-state index in [1.807, 2.05) is 45.9 Å². The van der Waals surface area contributed by atoms with E-state index in [1.54, 1.807) is 0 Å². The van der Waals surface area contributed by atoms with Crippen LogP contribution in [0.5, 0.6) is 0 Å². The number of benzene rings is 1. The first-order valence-corrected chi connectivity index (χ1v) is 7.03. The molecule has 20 heavy (non-hydrogen) atoms. The lowest BCUT2D eigenvalue weighted by Crippen LogP contribution is -2.41. The molecular weight excluding hydrogens is 276 g/mol. The molecule has 0 spiro atoms. The molecule has 3 N–H and O–H groups in total. The lowest BCUT2D eigenvalue weighted by atomic mass is 10.0. The molecule has 1 unspecified atom stereocenters. The molecule has 1 aromatic rings. The lowest BCUT2D eigenvalue weighted by Gasteiger charge is -2.21. The molecular formula is C15H23ClN2O2. The average molecular weight is 299 g/mol. The van der Waals surface area contributed by atoms with Crippen molar-refractivity contribution in [1.29, 1.82) is 0 Å². The molecule has 0 fully saturated rings. The number of nitrogens with one attached hydrogen (secondary N) is 1. The van der Waals surface area contributed by atoms with Gasteiger partial charge in [-0.25, -0.2) is 4.79 Å². The molecule has 0 saturated carbocycles. The molecule has 0 radical (unpaired) electrons. The normalized spacial score (nSPS) is 12.9. The Morgan fingerprint density at radius 1 is 1.45 bits per heavy atom. The Balaban J connectivity index is 2.48. The van der Waals surface area contributed by atoms with Crippen LogP contribution in [0.1, 0.15) is 31.9 Å². The van der Waals surface area contributed by atoms with E-state index < -0.39 is 11.7 Å². The number of alkyl carbamates (subject to hydrolysis) is 1. The summed E-state index contributed by atoms with van der Waals surface area (Å²) in [5.74, 6) is 0. The second-order valence-electron chi connectivity index (χ2n) is 5.88. The first-order valence-electron chi connectivity index (χ1n) is 6.65. The predicted octanol–water partition coefficient (Wildman–Crippen LogP) is 3.04. The maximum Gasteiger partial charge on any atom is 0.407 e. The highest BCUT2D eigenvalue weighted by Gasteiger charge is 2.17. The van der Waals surface area contributed by atoms with Gasteiger partial charge in [0.15, 0.2) is 0 Å². The summed E-state index contributed by atoms with van der Waals surface area (Å²) in [6.45, 7) is 7.80. The van der Waals surface area contributed by atoms with E-state index in [0.29, 0.717) is 18.0 Å². The van der Waals surface area contributed by atoms with Crippen molar-refractivity contribution < 1.29 is 9.53 Å². The molecule has 0 saturated heterocycles. The highest BCUT2D eigenvalue weighted by molar-refractivity contribution is 6.31. The van der Waals surface area contributed by atoms with Crippen LogP contribution in [0, 0.1) is 6.92 Å². The van der Waals surface area contributed by atoms with E-state index in [1.165, 1.54) is 0 Å². The number of ether oxygens (including phenoxy) is 1. The minimum Gasteiger partial charge on any atom is -0.444 e. The zero-order valence-corrected chi connectivity index (χ0v) is 13.3. The van der Waals surface area contributed by atoms with Gasteiger partial charge >= 0.3 is 6.09 Å². The molecule has 1 atom stereocenters. The van der Waals surface area contributed by atoms with Gasteiger partial charge in [0.2, 0.25) is 0 Å². The Hall–Kier alpha value is -1.26. The van der Waals surface area contributed by atoms with Gasteiger partial charge in [-0.3, -0.25) is 0 Å². The highest BCUT2D eigenvalue weighted by atomic mass is 35.5. The number of carbonyl (C=O) groups excluding carboxylic acids is 1. The minimum absolute atomic E-state index is 0.207. The topological polar surface area (TPSA) is 64.3 Å². The number of rotatable bonds is 4. The van der Waals surface area contributed by atoms with Gasteiger partial charge in [0, 0.05) is 17.6 Å². The maximum atomic E-state index is 11.5. The monoisotopic (exact) mass is 298 g/mol. The number of carbonyl (C=O) groups is 1. The molecule has 4 nitrogen and oxygen atoms in total. The van der Waals surface area contributed by atoms with Crippen molar-refractivity contribution in [2.75, 3.05) is 6.54 Å². The molecule has 0 aromatic heterocycles. The van der Waals surface area contributed by atoms with Gasteiger partial charge in [-0.1, -0.05) is 23.7 Å². The number of halogens is 1. The molecule has 112 valence electrons. The quantitative estimate of drug-likeness (QED) is 0.898. The van der Waals surface area contributed by atoms with E-state index in [9.17, 15) is 4.79 Å². The summed E-state index contributed by atoms with van der Waals surface area (Å²) in [5.41, 5.74) is 7.64. The Kier molecular flexibility index (Phi) is 5.84. The lowest BCUT2D eigenvalue weighted by molar-refractivity contribution is 0.0524. The van der Waals surface area contributed by atoms with Crippen LogP contribution in [0.3, 0.4) is 0 Å². The Labute approximate surface area is 125 Å². The summed E-state index contributed by atoms with van der Waals surface area (Å²) < 4.78 is 5.15. The summed E-state index contributed by atoms with van der Waals surface area (Å²) in [7, 11) is 0. The second kappa shape index (κ2) is 6.95. The summed E-state index contributed by atoms with van der Waals surface area (Å²) >= 11 is 6.16.